The van der Waals surface area contributed by atoms with Crippen LogP contribution in [0, 0.1) is 17.6 Å². The van der Waals surface area contributed by atoms with E-state index in [1.165, 1.54) is 29.0 Å². The molecule has 11 heteroatoms. The second-order valence-electron chi connectivity index (χ2n) is 11.3. The highest BCUT2D eigenvalue weighted by molar-refractivity contribution is 8.01. The Hall–Kier alpha value is -2.73. The molecule has 2 heterocycles. The number of halogens is 2. The summed E-state index contributed by atoms with van der Waals surface area (Å²) in [5.41, 5.74) is 3.11. The summed E-state index contributed by atoms with van der Waals surface area (Å²) >= 11 is 1.86. The minimum Gasteiger partial charge on any atom is -0.443 e. The molecule has 0 spiro atoms. The monoisotopic (exact) mass is 590 g/mol. The summed E-state index contributed by atoms with van der Waals surface area (Å²) in [6.45, 7) is 12.5. The number of carbonyl (C=O) groups excluding carboxylic acids is 1. The van der Waals surface area contributed by atoms with Crippen molar-refractivity contribution >= 4 is 40.9 Å². The first-order chi connectivity index (χ1) is 18.9. The zero-order valence-corrected chi connectivity index (χ0v) is 25.3. The molecule has 1 fully saturated rings. The lowest BCUT2D eigenvalue weighted by atomic mass is 9.84. The first-order valence-electron chi connectivity index (χ1n) is 13.0. The normalized spacial score (nSPS) is 14.6. The van der Waals surface area contributed by atoms with Crippen molar-refractivity contribution < 1.29 is 23.0 Å². The first kappa shape index (κ1) is 30.2. The van der Waals surface area contributed by atoms with Crippen LogP contribution in [0.5, 0.6) is 0 Å². The maximum absolute atomic E-state index is 15.2. The average molecular weight is 591 g/mol. The van der Waals surface area contributed by atoms with E-state index in [1.54, 1.807) is 33.3 Å². The number of carbonyl (C=O) groups is 1. The standard InChI is InChI=1S/C29H36F2N4O3S2/c1-28(2,3)38-27(36)35(25-17-39-18-33-25)40-26-23(30)11-22(12-24(26)31)32-13-19-9-7-8-10-20(19)14-34-15-21(16-34)29(4,5)37-6/h7-12,17-18,21,32H,13-16H2,1-6H3. The summed E-state index contributed by atoms with van der Waals surface area (Å²) in [4.78, 5) is 19.0. The second-order valence-corrected chi connectivity index (χ2v) is 13.0. The Morgan fingerprint density at radius 3 is 2.38 bits per heavy atom. The van der Waals surface area contributed by atoms with Gasteiger partial charge in [0.2, 0.25) is 0 Å². The molecule has 1 saturated heterocycles. The number of methoxy groups -OCH3 is 1. The van der Waals surface area contributed by atoms with Gasteiger partial charge in [0.05, 0.1) is 11.1 Å². The van der Waals surface area contributed by atoms with Gasteiger partial charge in [0.1, 0.15) is 22.1 Å². The third kappa shape index (κ3) is 7.51. The van der Waals surface area contributed by atoms with E-state index in [0.29, 0.717) is 30.1 Å². The van der Waals surface area contributed by atoms with Gasteiger partial charge in [-0.05, 0) is 57.9 Å². The number of nitrogens with one attached hydrogen (secondary N) is 1. The van der Waals surface area contributed by atoms with Gasteiger partial charge in [0.25, 0.3) is 0 Å². The molecule has 0 bridgehead atoms. The van der Waals surface area contributed by atoms with E-state index in [0.717, 1.165) is 35.1 Å². The maximum Gasteiger partial charge on any atom is 0.426 e. The Balaban J connectivity index is 1.43. The van der Waals surface area contributed by atoms with Crippen molar-refractivity contribution in [2.75, 3.05) is 29.8 Å². The van der Waals surface area contributed by atoms with Gasteiger partial charge in [-0.1, -0.05) is 24.3 Å². The number of anilines is 2. The Morgan fingerprint density at radius 2 is 1.80 bits per heavy atom. The molecule has 1 amide bonds. The molecule has 2 aromatic carbocycles. The zero-order chi connectivity index (χ0) is 29.1. The van der Waals surface area contributed by atoms with Crippen molar-refractivity contribution in [3.05, 3.63) is 70.1 Å². The van der Waals surface area contributed by atoms with Crippen LogP contribution in [0.1, 0.15) is 45.7 Å². The van der Waals surface area contributed by atoms with E-state index in [1.807, 2.05) is 18.2 Å². The largest absolute Gasteiger partial charge is 0.443 e. The fraction of sp³-hybridized carbons (Fsp3) is 0.448. The van der Waals surface area contributed by atoms with E-state index < -0.39 is 23.3 Å². The highest BCUT2D eigenvalue weighted by Crippen LogP contribution is 2.35. The van der Waals surface area contributed by atoms with Crippen LogP contribution in [0.4, 0.5) is 25.1 Å². The van der Waals surface area contributed by atoms with Gasteiger partial charge in [-0.25, -0.2) is 18.6 Å². The van der Waals surface area contributed by atoms with Crippen molar-refractivity contribution in [2.45, 2.75) is 63.8 Å². The fourth-order valence-electron chi connectivity index (χ4n) is 4.26. The highest BCUT2D eigenvalue weighted by Gasteiger charge is 2.38. The van der Waals surface area contributed by atoms with Crippen LogP contribution >= 0.6 is 23.3 Å². The highest BCUT2D eigenvalue weighted by atomic mass is 32.2. The molecule has 4 rings (SSSR count). The number of benzene rings is 2. The fourth-order valence-corrected chi connectivity index (χ4v) is 5.62. The number of hydrogen-bond acceptors (Lipinski definition) is 8. The average Bonchev–Trinajstić information content (AvgIpc) is 3.38. The van der Waals surface area contributed by atoms with Crippen LogP contribution < -0.4 is 9.62 Å². The number of aromatic nitrogens is 1. The molecule has 1 N–H and O–H groups in total. The van der Waals surface area contributed by atoms with E-state index >= 15 is 8.78 Å². The third-order valence-corrected chi connectivity index (χ3v) is 8.49. The lowest BCUT2D eigenvalue weighted by molar-refractivity contribution is -0.0901. The van der Waals surface area contributed by atoms with E-state index in [2.05, 4.69) is 35.1 Å². The third-order valence-electron chi connectivity index (χ3n) is 6.83. The van der Waals surface area contributed by atoms with Crippen molar-refractivity contribution in [3.8, 4) is 0 Å². The SMILES string of the molecule is COC(C)(C)C1CN(Cc2ccccc2CNc2cc(F)c(SN(C(=O)OC(C)(C)C)c3cscn3)c(F)c2)C1. The van der Waals surface area contributed by atoms with Gasteiger partial charge < -0.3 is 14.8 Å². The van der Waals surface area contributed by atoms with Crippen molar-refractivity contribution in [2.24, 2.45) is 5.92 Å². The Morgan fingerprint density at radius 1 is 1.15 bits per heavy atom. The molecular formula is C29H36F2N4O3S2. The van der Waals surface area contributed by atoms with Crippen LogP contribution in [-0.2, 0) is 22.6 Å². The lowest BCUT2D eigenvalue weighted by Crippen LogP contribution is -2.55. The molecule has 0 atom stereocenters. The van der Waals surface area contributed by atoms with E-state index in [-0.39, 0.29) is 16.3 Å². The maximum atomic E-state index is 15.2. The number of amides is 1. The molecule has 0 unspecified atom stereocenters. The molecular weight excluding hydrogens is 554 g/mol. The number of likely N-dealkylation sites (tertiary alicyclic amines) is 1. The summed E-state index contributed by atoms with van der Waals surface area (Å²) in [6, 6.07) is 10.5. The van der Waals surface area contributed by atoms with Gasteiger partial charge >= 0.3 is 6.09 Å². The van der Waals surface area contributed by atoms with Crippen LogP contribution in [0.25, 0.3) is 0 Å². The number of nitrogens with zero attached hydrogens (tertiary/aromatic N) is 3. The first-order valence-corrected chi connectivity index (χ1v) is 14.7. The van der Waals surface area contributed by atoms with Crippen LogP contribution in [0.3, 0.4) is 0 Å². The molecule has 1 aliphatic heterocycles. The molecule has 40 heavy (non-hydrogen) atoms. The van der Waals surface area contributed by atoms with Crippen molar-refractivity contribution in [3.63, 3.8) is 0 Å². The van der Waals surface area contributed by atoms with Crippen LogP contribution in [0.15, 0.2) is 52.2 Å². The molecule has 0 radical (unpaired) electrons. The van der Waals surface area contributed by atoms with Crippen molar-refractivity contribution in [1.29, 1.82) is 0 Å². The Kier molecular flexibility index (Phi) is 9.39. The van der Waals surface area contributed by atoms with Gasteiger partial charge in [0, 0.05) is 62.2 Å². The van der Waals surface area contributed by atoms with Crippen molar-refractivity contribution in [1.82, 2.24) is 9.88 Å². The molecule has 1 aliphatic rings. The number of hydrogen-bond donors (Lipinski definition) is 1. The molecule has 3 aromatic rings. The minimum atomic E-state index is -0.794. The predicted octanol–water partition coefficient (Wildman–Crippen LogP) is 7.34. The predicted molar refractivity (Wildman–Crippen MR) is 157 cm³/mol. The van der Waals surface area contributed by atoms with Gasteiger partial charge in [-0.3, -0.25) is 4.90 Å². The number of thiazole rings is 1. The topological polar surface area (TPSA) is 66.9 Å². The van der Waals surface area contributed by atoms with E-state index in [9.17, 15) is 4.79 Å². The Labute approximate surface area is 243 Å². The van der Waals surface area contributed by atoms with Crippen LogP contribution in [-0.4, -0.2) is 47.4 Å². The smallest absolute Gasteiger partial charge is 0.426 e. The van der Waals surface area contributed by atoms with Gasteiger partial charge in [-0.15, -0.1) is 11.3 Å². The number of rotatable bonds is 10. The molecule has 0 aliphatic carbocycles. The molecule has 216 valence electrons. The Bertz CT molecular complexity index is 1290. The van der Waals surface area contributed by atoms with Gasteiger partial charge in [0.15, 0.2) is 5.82 Å². The van der Waals surface area contributed by atoms with E-state index in [4.69, 9.17) is 9.47 Å². The summed E-state index contributed by atoms with van der Waals surface area (Å²) in [5, 5.41) is 4.76. The molecule has 7 nitrogen and oxygen atoms in total. The van der Waals surface area contributed by atoms with Gasteiger partial charge in [-0.2, -0.15) is 4.31 Å². The summed E-state index contributed by atoms with van der Waals surface area (Å²) in [6.07, 6.45) is -0.764. The molecule has 0 saturated carbocycles. The summed E-state index contributed by atoms with van der Waals surface area (Å²) in [5.74, 6) is -0.873. The summed E-state index contributed by atoms with van der Waals surface area (Å²) in [7, 11) is 1.75. The minimum absolute atomic E-state index is 0.152. The number of ether oxygens (including phenoxy) is 2. The lowest BCUT2D eigenvalue weighted by Gasteiger charge is -2.47. The van der Waals surface area contributed by atoms with Crippen LogP contribution in [0.2, 0.25) is 0 Å². The zero-order valence-electron chi connectivity index (χ0n) is 23.7. The quantitative estimate of drug-likeness (QED) is 0.248. The summed E-state index contributed by atoms with van der Waals surface area (Å²) < 4.78 is 42.5. The molecule has 1 aromatic heterocycles. The second kappa shape index (κ2) is 12.4.